The van der Waals surface area contributed by atoms with Gasteiger partial charge in [-0.3, -0.25) is 19.3 Å². The van der Waals surface area contributed by atoms with Gasteiger partial charge < -0.3 is 26.8 Å². The molecule has 3 aliphatic carbocycles. The molecule has 9 heteroatoms. The topological polar surface area (TPSA) is 167 Å². The van der Waals surface area contributed by atoms with Crippen LogP contribution in [0.1, 0.15) is 37.0 Å². The number of phenolic OH excluding ortho intramolecular Hbond substituents is 1. The Morgan fingerprint density at radius 2 is 1.81 bits per heavy atom. The molecule has 0 spiro atoms. The first-order valence-corrected chi connectivity index (χ1v) is 11.8. The van der Waals surface area contributed by atoms with Gasteiger partial charge in [0.15, 0.2) is 11.6 Å². The minimum atomic E-state index is -1.29. The second-order valence-electron chi connectivity index (χ2n) is 9.76. The zero-order valence-corrected chi connectivity index (χ0v) is 20.7. The van der Waals surface area contributed by atoms with Crippen LogP contribution in [0.15, 0.2) is 41.2 Å². The van der Waals surface area contributed by atoms with E-state index in [1.54, 1.807) is 25.1 Å². The zero-order valence-electron chi connectivity index (χ0n) is 20.7. The number of aromatic hydroxyl groups is 1. The summed E-state index contributed by atoms with van der Waals surface area (Å²) in [5.74, 6) is -6.17. The number of benzene rings is 1. The van der Waals surface area contributed by atoms with E-state index in [1.165, 1.54) is 0 Å². The number of phenols is 1. The number of carbonyl (C=O) groups is 3. The highest BCUT2D eigenvalue weighted by molar-refractivity contribution is 6.28. The number of hydrogen-bond donors (Lipinski definition) is 5. The van der Waals surface area contributed by atoms with Gasteiger partial charge in [0, 0.05) is 5.57 Å². The van der Waals surface area contributed by atoms with Crippen molar-refractivity contribution >= 4 is 34.5 Å². The summed E-state index contributed by atoms with van der Waals surface area (Å²) in [7, 11) is 3.37. The van der Waals surface area contributed by atoms with Crippen molar-refractivity contribution in [2.45, 2.75) is 32.7 Å². The number of fused-ring (bicyclic) bond motifs is 3. The van der Waals surface area contributed by atoms with Crippen LogP contribution in [-0.2, 0) is 20.8 Å². The Balaban J connectivity index is 1.95. The number of likely N-dealkylation sites (N-methyl/N-ethyl adjacent to an activating group) is 1. The van der Waals surface area contributed by atoms with Crippen LogP contribution < -0.4 is 11.5 Å². The Hall–Kier alpha value is -3.85. The maximum Gasteiger partial charge on any atom is 0.255 e. The van der Waals surface area contributed by atoms with Crippen LogP contribution in [0.4, 0.5) is 5.69 Å². The molecule has 9 nitrogen and oxygen atoms in total. The lowest BCUT2D eigenvalue weighted by atomic mass is 9.59. The van der Waals surface area contributed by atoms with Crippen molar-refractivity contribution in [1.82, 2.24) is 4.90 Å². The number of Topliss-reactive ketones (excluding diaryl/α,β-unsaturated/α-hetero) is 2. The number of nitrogens with two attached hydrogens (primary N) is 2. The Kier molecular flexibility index (Phi) is 6.30. The summed E-state index contributed by atoms with van der Waals surface area (Å²) in [6, 6.07) is 0.869. The first-order valence-electron chi connectivity index (χ1n) is 11.8. The normalized spacial score (nSPS) is 26.4. The zero-order chi connectivity index (χ0) is 26.6. The molecule has 1 fully saturated rings. The third kappa shape index (κ3) is 3.53. The van der Waals surface area contributed by atoms with Crippen LogP contribution in [0.25, 0.3) is 11.3 Å². The molecule has 1 aromatic carbocycles. The molecule has 36 heavy (non-hydrogen) atoms. The SMILES string of the molecule is C/C=C\C(=C/C)c1cc(N)c(O)c2c1C[C@H]1C[C@@H]3C(C(=O)C(C(N)=O)=C(O)[C@H]3N(C)C)C(=O)C1=C2O. The number of anilines is 1. The Morgan fingerprint density at radius 3 is 2.36 bits per heavy atom. The number of hydrogen-bond acceptors (Lipinski definition) is 8. The fraction of sp³-hybridized carbons (Fsp3) is 0.370. The first-order chi connectivity index (χ1) is 17.0. The minimum Gasteiger partial charge on any atom is -0.510 e. The minimum absolute atomic E-state index is 0.0275. The third-order valence-corrected chi connectivity index (χ3v) is 7.56. The van der Waals surface area contributed by atoms with Gasteiger partial charge in [0.2, 0.25) is 0 Å². The van der Waals surface area contributed by atoms with Gasteiger partial charge in [-0.2, -0.15) is 0 Å². The number of primary amides is 1. The number of carbonyl (C=O) groups excluding carboxylic acids is 3. The van der Waals surface area contributed by atoms with Gasteiger partial charge in [-0.05, 0) is 75.4 Å². The quantitative estimate of drug-likeness (QED) is 0.140. The molecule has 4 atom stereocenters. The lowest BCUT2D eigenvalue weighted by molar-refractivity contribution is -0.136. The van der Waals surface area contributed by atoms with Crippen molar-refractivity contribution in [2.24, 2.45) is 23.5 Å². The number of allylic oxidation sites excluding steroid dienone is 5. The maximum atomic E-state index is 13.8. The average Bonchev–Trinajstić information content (AvgIpc) is 2.79. The van der Waals surface area contributed by atoms with Crippen molar-refractivity contribution in [2.75, 3.05) is 19.8 Å². The molecule has 0 radical (unpaired) electrons. The van der Waals surface area contributed by atoms with E-state index >= 15 is 0 Å². The predicted octanol–water partition coefficient (Wildman–Crippen LogP) is 2.41. The van der Waals surface area contributed by atoms with Gasteiger partial charge in [-0.25, -0.2) is 0 Å². The van der Waals surface area contributed by atoms with E-state index < -0.39 is 58.4 Å². The van der Waals surface area contributed by atoms with E-state index in [9.17, 15) is 29.7 Å². The highest BCUT2D eigenvalue weighted by Crippen LogP contribution is 2.52. The van der Waals surface area contributed by atoms with Crippen LogP contribution in [0.3, 0.4) is 0 Å². The molecule has 1 amide bonds. The Morgan fingerprint density at radius 1 is 1.14 bits per heavy atom. The molecule has 0 aromatic heterocycles. The van der Waals surface area contributed by atoms with E-state index in [2.05, 4.69) is 0 Å². The van der Waals surface area contributed by atoms with Gasteiger partial charge >= 0.3 is 0 Å². The summed E-state index contributed by atoms with van der Waals surface area (Å²) < 4.78 is 0. The van der Waals surface area contributed by atoms with Gasteiger partial charge in [-0.15, -0.1) is 0 Å². The number of rotatable bonds is 4. The predicted molar refractivity (Wildman–Crippen MR) is 136 cm³/mol. The Bertz CT molecular complexity index is 1320. The number of nitrogens with zero attached hydrogens (tertiary/aromatic N) is 1. The standard InChI is InChI=1S/C27H31N3O6/c1-5-7-11(6-2)13-10-16(28)22(31)18-14(13)8-12-9-15-19(24(33)17(12)23(18)32)25(34)20(27(29)36)26(35)21(15)30(3)4/h5-7,10,12,15,19,21,31-32,35H,8-9,28H2,1-4H3,(H2,29,36)/b7-5-,11-6+/t12-,15+,19?,21-/m0/s1. The largest absolute Gasteiger partial charge is 0.510 e. The van der Waals surface area contributed by atoms with Crippen LogP contribution in [-0.4, -0.2) is 57.8 Å². The van der Waals surface area contributed by atoms with Gasteiger partial charge in [0.1, 0.15) is 22.8 Å². The fourth-order valence-electron chi connectivity index (χ4n) is 6.13. The summed E-state index contributed by atoms with van der Waals surface area (Å²) in [4.78, 5) is 40.7. The molecule has 4 rings (SSSR count). The van der Waals surface area contributed by atoms with E-state index in [0.29, 0.717) is 18.4 Å². The fourth-order valence-corrected chi connectivity index (χ4v) is 6.13. The molecule has 0 bridgehead atoms. The highest BCUT2D eigenvalue weighted by Gasteiger charge is 2.55. The summed E-state index contributed by atoms with van der Waals surface area (Å²) in [5, 5.41) is 33.0. The Labute approximate surface area is 209 Å². The second kappa shape index (κ2) is 8.98. The molecule has 1 aromatic rings. The van der Waals surface area contributed by atoms with E-state index in [1.807, 2.05) is 32.1 Å². The molecule has 0 heterocycles. The third-order valence-electron chi connectivity index (χ3n) is 7.56. The molecular weight excluding hydrogens is 462 g/mol. The van der Waals surface area contributed by atoms with E-state index in [-0.39, 0.29) is 22.6 Å². The summed E-state index contributed by atoms with van der Waals surface area (Å²) in [6.07, 6.45) is 6.24. The molecule has 7 N–H and O–H groups in total. The molecule has 1 unspecified atom stereocenters. The van der Waals surface area contributed by atoms with Crippen molar-refractivity contribution < 1.29 is 29.7 Å². The van der Waals surface area contributed by atoms with Crippen LogP contribution >= 0.6 is 0 Å². The van der Waals surface area contributed by atoms with Gasteiger partial charge in [-0.1, -0.05) is 18.2 Å². The number of amides is 1. The molecule has 0 saturated heterocycles. The first kappa shape index (κ1) is 25.2. The van der Waals surface area contributed by atoms with Crippen LogP contribution in [0, 0.1) is 17.8 Å². The second-order valence-corrected chi connectivity index (χ2v) is 9.76. The van der Waals surface area contributed by atoms with Crippen molar-refractivity contribution in [3.05, 3.63) is 57.9 Å². The highest BCUT2D eigenvalue weighted by atomic mass is 16.3. The van der Waals surface area contributed by atoms with Crippen LogP contribution in [0.5, 0.6) is 5.75 Å². The average molecular weight is 494 g/mol. The van der Waals surface area contributed by atoms with Gasteiger partial charge in [0.25, 0.3) is 5.91 Å². The van der Waals surface area contributed by atoms with E-state index in [4.69, 9.17) is 11.5 Å². The number of aliphatic hydroxyl groups is 2. The molecule has 0 aliphatic heterocycles. The summed E-state index contributed by atoms with van der Waals surface area (Å²) in [6.45, 7) is 3.74. The maximum absolute atomic E-state index is 13.8. The lowest BCUT2D eigenvalue weighted by Gasteiger charge is -2.46. The smallest absolute Gasteiger partial charge is 0.255 e. The van der Waals surface area contributed by atoms with Crippen LogP contribution in [0.2, 0.25) is 0 Å². The number of aliphatic hydroxyl groups excluding tert-OH is 2. The summed E-state index contributed by atoms with van der Waals surface area (Å²) >= 11 is 0. The summed E-state index contributed by atoms with van der Waals surface area (Å²) in [5.41, 5.74) is 13.2. The van der Waals surface area contributed by atoms with Crippen molar-refractivity contribution in [1.29, 1.82) is 0 Å². The van der Waals surface area contributed by atoms with Gasteiger partial charge in [0.05, 0.1) is 23.2 Å². The van der Waals surface area contributed by atoms with Crippen molar-refractivity contribution in [3.8, 4) is 5.75 Å². The number of ketones is 2. The molecule has 3 aliphatic rings. The number of nitrogen functional groups attached to an aromatic ring is 1. The molecular formula is C27H31N3O6. The lowest BCUT2D eigenvalue weighted by Crippen LogP contribution is -2.55. The molecule has 1 saturated carbocycles. The van der Waals surface area contributed by atoms with Crippen molar-refractivity contribution in [3.63, 3.8) is 0 Å². The molecule has 190 valence electrons. The monoisotopic (exact) mass is 493 g/mol. The van der Waals surface area contributed by atoms with E-state index in [0.717, 1.165) is 11.1 Å².